The predicted octanol–water partition coefficient (Wildman–Crippen LogP) is 3.52. The summed E-state index contributed by atoms with van der Waals surface area (Å²) in [5.74, 6) is 3.63. The van der Waals surface area contributed by atoms with E-state index in [0.717, 1.165) is 31.8 Å². The molecule has 0 saturated carbocycles. The van der Waals surface area contributed by atoms with E-state index >= 15 is 0 Å². The van der Waals surface area contributed by atoms with Crippen molar-refractivity contribution in [3.05, 3.63) is 17.5 Å². The maximum atomic E-state index is 4.69. The predicted molar refractivity (Wildman–Crippen MR) is 93.1 cm³/mol. The quantitative estimate of drug-likeness (QED) is 0.797. The summed E-state index contributed by atoms with van der Waals surface area (Å²) in [4.78, 5) is 0. The summed E-state index contributed by atoms with van der Waals surface area (Å²) in [5, 5.41) is 8.40. The molecule has 0 bridgehead atoms. The van der Waals surface area contributed by atoms with Gasteiger partial charge in [-0.3, -0.25) is 4.68 Å². The van der Waals surface area contributed by atoms with Gasteiger partial charge in [0.05, 0.1) is 5.69 Å². The van der Waals surface area contributed by atoms with Crippen LogP contribution in [-0.2, 0) is 19.4 Å². The Morgan fingerprint density at radius 3 is 2.71 bits per heavy atom. The van der Waals surface area contributed by atoms with Gasteiger partial charge in [-0.25, -0.2) is 0 Å². The minimum atomic E-state index is 0.606. The Labute approximate surface area is 134 Å². The minimum Gasteiger partial charge on any atom is -0.314 e. The van der Waals surface area contributed by atoms with Crippen LogP contribution in [0.1, 0.15) is 51.4 Å². The molecule has 1 fully saturated rings. The molecule has 1 aromatic rings. The highest BCUT2D eigenvalue weighted by molar-refractivity contribution is 7.99. The first-order chi connectivity index (χ1) is 10.3. The van der Waals surface area contributed by atoms with Crippen molar-refractivity contribution >= 4 is 11.8 Å². The van der Waals surface area contributed by atoms with Crippen LogP contribution in [0.15, 0.2) is 6.07 Å². The Kier molecular flexibility index (Phi) is 7.11. The topological polar surface area (TPSA) is 29.9 Å². The maximum Gasteiger partial charge on any atom is 0.0624 e. The van der Waals surface area contributed by atoms with Crippen LogP contribution in [0.25, 0.3) is 0 Å². The SMILES string of the molecule is CCNC(Cc1cc(CC)nn1CC)CC1CCSCC1. The molecule has 1 aromatic heterocycles. The summed E-state index contributed by atoms with van der Waals surface area (Å²) in [7, 11) is 0. The fourth-order valence-corrected chi connectivity index (χ4v) is 4.49. The number of hydrogen-bond acceptors (Lipinski definition) is 3. The highest BCUT2D eigenvalue weighted by Crippen LogP contribution is 2.27. The van der Waals surface area contributed by atoms with Gasteiger partial charge in [-0.2, -0.15) is 16.9 Å². The van der Waals surface area contributed by atoms with Gasteiger partial charge in [0.25, 0.3) is 0 Å². The molecule has 3 nitrogen and oxygen atoms in total. The molecule has 0 spiro atoms. The molecule has 0 aromatic carbocycles. The first-order valence-electron chi connectivity index (χ1n) is 8.63. The first kappa shape index (κ1) is 16.9. The number of rotatable bonds is 8. The Hall–Kier alpha value is -0.480. The average molecular weight is 310 g/mol. The summed E-state index contributed by atoms with van der Waals surface area (Å²) >= 11 is 2.12. The van der Waals surface area contributed by atoms with E-state index in [0.29, 0.717) is 6.04 Å². The van der Waals surface area contributed by atoms with E-state index in [1.165, 1.54) is 42.2 Å². The van der Waals surface area contributed by atoms with Crippen molar-refractivity contribution < 1.29 is 0 Å². The van der Waals surface area contributed by atoms with Gasteiger partial charge in [0.15, 0.2) is 0 Å². The van der Waals surface area contributed by atoms with Crippen LogP contribution in [0.4, 0.5) is 0 Å². The van der Waals surface area contributed by atoms with Crippen LogP contribution < -0.4 is 5.32 Å². The number of aryl methyl sites for hydroxylation is 2. The van der Waals surface area contributed by atoms with E-state index < -0.39 is 0 Å². The van der Waals surface area contributed by atoms with Gasteiger partial charge in [-0.05, 0) is 62.6 Å². The van der Waals surface area contributed by atoms with Crippen LogP contribution in [0.3, 0.4) is 0 Å². The second-order valence-electron chi connectivity index (χ2n) is 6.05. The molecule has 1 N–H and O–H groups in total. The molecule has 2 rings (SSSR count). The Bertz CT molecular complexity index is 410. The zero-order valence-electron chi connectivity index (χ0n) is 13.9. The van der Waals surface area contributed by atoms with E-state index in [2.05, 4.69) is 48.6 Å². The summed E-state index contributed by atoms with van der Waals surface area (Å²) in [6, 6.07) is 2.92. The van der Waals surface area contributed by atoms with Crippen molar-refractivity contribution in [2.24, 2.45) is 5.92 Å². The molecule has 0 aliphatic carbocycles. The average Bonchev–Trinajstić information content (AvgIpc) is 2.90. The highest BCUT2D eigenvalue weighted by atomic mass is 32.2. The molecular weight excluding hydrogens is 278 g/mol. The highest BCUT2D eigenvalue weighted by Gasteiger charge is 2.20. The minimum absolute atomic E-state index is 0.606. The van der Waals surface area contributed by atoms with E-state index in [9.17, 15) is 0 Å². The van der Waals surface area contributed by atoms with Crippen molar-refractivity contribution in [3.8, 4) is 0 Å². The lowest BCUT2D eigenvalue weighted by Crippen LogP contribution is -2.34. The standard InChI is InChI=1S/C17H31N3S/c1-4-15-12-17(20(6-3)19-15)13-16(18-5-2)11-14-7-9-21-10-8-14/h12,14,16,18H,4-11,13H2,1-3H3. The Balaban J connectivity index is 1.99. The Morgan fingerprint density at radius 1 is 1.33 bits per heavy atom. The van der Waals surface area contributed by atoms with Crippen LogP contribution in [0.5, 0.6) is 0 Å². The summed E-state index contributed by atoms with van der Waals surface area (Å²) in [5.41, 5.74) is 2.64. The van der Waals surface area contributed by atoms with Crippen LogP contribution in [0, 0.1) is 5.92 Å². The van der Waals surface area contributed by atoms with Crippen molar-refractivity contribution in [1.82, 2.24) is 15.1 Å². The Morgan fingerprint density at radius 2 is 2.10 bits per heavy atom. The zero-order chi connectivity index (χ0) is 15.1. The van der Waals surface area contributed by atoms with Crippen LogP contribution >= 0.6 is 11.8 Å². The number of aromatic nitrogens is 2. The van der Waals surface area contributed by atoms with Gasteiger partial charge >= 0.3 is 0 Å². The maximum absolute atomic E-state index is 4.69. The molecule has 1 atom stereocenters. The number of nitrogens with zero attached hydrogens (tertiary/aromatic N) is 2. The molecule has 1 saturated heterocycles. The van der Waals surface area contributed by atoms with Crippen molar-refractivity contribution in [2.75, 3.05) is 18.1 Å². The van der Waals surface area contributed by atoms with E-state index in [-0.39, 0.29) is 0 Å². The summed E-state index contributed by atoms with van der Waals surface area (Å²) < 4.78 is 2.19. The largest absolute Gasteiger partial charge is 0.314 e. The number of nitrogens with one attached hydrogen (secondary N) is 1. The van der Waals surface area contributed by atoms with E-state index in [1.807, 2.05) is 0 Å². The number of likely N-dealkylation sites (N-methyl/N-ethyl adjacent to an activating group) is 1. The molecule has 4 heteroatoms. The molecule has 21 heavy (non-hydrogen) atoms. The fourth-order valence-electron chi connectivity index (χ4n) is 3.29. The molecule has 0 radical (unpaired) electrons. The lowest BCUT2D eigenvalue weighted by Gasteiger charge is -2.27. The molecule has 2 heterocycles. The number of thioether (sulfide) groups is 1. The molecule has 120 valence electrons. The molecule has 1 aliphatic rings. The molecule has 1 unspecified atom stereocenters. The third-order valence-electron chi connectivity index (χ3n) is 4.48. The van der Waals surface area contributed by atoms with E-state index in [4.69, 9.17) is 5.10 Å². The van der Waals surface area contributed by atoms with Gasteiger partial charge in [0.2, 0.25) is 0 Å². The lowest BCUT2D eigenvalue weighted by molar-refractivity contribution is 0.361. The molecule has 0 amide bonds. The van der Waals surface area contributed by atoms with Crippen LogP contribution in [-0.4, -0.2) is 33.9 Å². The summed E-state index contributed by atoms with van der Waals surface area (Å²) in [6.07, 6.45) is 6.29. The lowest BCUT2D eigenvalue weighted by atomic mass is 9.92. The monoisotopic (exact) mass is 309 g/mol. The second-order valence-corrected chi connectivity index (χ2v) is 7.27. The molecular formula is C17H31N3S. The zero-order valence-corrected chi connectivity index (χ0v) is 14.7. The van der Waals surface area contributed by atoms with Crippen molar-refractivity contribution in [2.45, 2.75) is 65.5 Å². The van der Waals surface area contributed by atoms with Gasteiger partial charge < -0.3 is 5.32 Å². The van der Waals surface area contributed by atoms with E-state index in [1.54, 1.807) is 0 Å². The smallest absolute Gasteiger partial charge is 0.0624 e. The number of hydrogen-bond donors (Lipinski definition) is 1. The first-order valence-corrected chi connectivity index (χ1v) is 9.78. The third-order valence-corrected chi connectivity index (χ3v) is 5.53. The van der Waals surface area contributed by atoms with Gasteiger partial charge in [0, 0.05) is 24.7 Å². The van der Waals surface area contributed by atoms with Gasteiger partial charge in [0.1, 0.15) is 0 Å². The fraction of sp³-hybridized carbons (Fsp3) is 0.824. The molecule has 1 aliphatic heterocycles. The van der Waals surface area contributed by atoms with Gasteiger partial charge in [-0.1, -0.05) is 13.8 Å². The second kappa shape index (κ2) is 8.84. The van der Waals surface area contributed by atoms with Crippen molar-refractivity contribution in [1.29, 1.82) is 0 Å². The van der Waals surface area contributed by atoms with Gasteiger partial charge in [-0.15, -0.1) is 0 Å². The van der Waals surface area contributed by atoms with Crippen LogP contribution in [0.2, 0.25) is 0 Å². The third kappa shape index (κ3) is 5.03. The van der Waals surface area contributed by atoms with Crippen molar-refractivity contribution in [3.63, 3.8) is 0 Å². The normalized spacial score (nSPS) is 18.0. The summed E-state index contributed by atoms with van der Waals surface area (Å²) in [6.45, 7) is 8.64.